The molecule has 1 saturated carbocycles. The van der Waals surface area contributed by atoms with E-state index in [1.807, 2.05) is 0 Å². The van der Waals surface area contributed by atoms with E-state index >= 15 is 0 Å². The van der Waals surface area contributed by atoms with Crippen LogP contribution >= 0.6 is 11.6 Å². The number of rotatable bonds is 5. The van der Waals surface area contributed by atoms with Crippen molar-refractivity contribution in [1.29, 1.82) is 0 Å². The SMILES string of the molecule is O=C(NC[C@](O)(c1ccco1)C1CC1)C(=O)Nc1ccccc1Cl. The van der Waals surface area contributed by atoms with Gasteiger partial charge < -0.3 is 20.2 Å². The molecule has 0 spiro atoms. The topological polar surface area (TPSA) is 91.6 Å². The minimum Gasteiger partial charge on any atom is -0.466 e. The van der Waals surface area contributed by atoms with Gasteiger partial charge in [0, 0.05) is 0 Å². The van der Waals surface area contributed by atoms with Crippen LogP contribution < -0.4 is 10.6 Å². The predicted octanol–water partition coefficient (Wildman–Crippen LogP) is 2.29. The molecular weight excluding hydrogens is 332 g/mol. The monoisotopic (exact) mass is 348 g/mol. The summed E-state index contributed by atoms with van der Waals surface area (Å²) < 4.78 is 5.28. The fraction of sp³-hybridized carbons (Fsp3) is 0.294. The molecule has 6 nitrogen and oxygen atoms in total. The third kappa shape index (κ3) is 3.44. The number of anilines is 1. The van der Waals surface area contributed by atoms with E-state index < -0.39 is 17.4 Å². The molecule has 0 aliphatic heterocycles. The Hall–Kier alpha value is -2.31. The quantitative estimate of drug-likeness (QED) is 0.723. The molecule has 1 aromatic carbocycles. The summed E-state index contributed by atoms with van der Waals surface area (Å²) in [5, 5.41) is 16.1. The van der Waals surface area contributed by atoms with Crippen molar-refractivity contribution >= 4 is 29.1 Å². The lowest BCUT2D eigenvalue weighted by Gasteiger charge is -2.26. The fourth-order valence-corrected chi connectivity index (χ4v) is 2.74. The summed E-state index contributed by atoms with van der Waals surface area (Å²) in [6.45, 7) is -0.0973. The van der Waals surface area contributed by atoms with Gasteiger partial charge in [0.2, 0.25) is 0 Å². The van der Waals surface area contributed by atoms with Gasteiger partial charge in [-0.1, -0.05) is 23.7 Å². The predicted molar refractivity (Wildman–Crippen MR) is 88.4 cm³/mol. The van der Waals surface area contributed by atoms with Crippen LogP contribution in [0.2, 0.25) is 5.02 Å². The molecule has 3 rings (SSSR count). The van der Waals surface area contributed by atoms with Gasteiger partial charge in [-0.15, -0.1) is 0 Å². The molecule has 2 aromatic rings. The molecule has 1 aliphatic carbocycles. The molecule has 1 aliphatic rings. The second kappa shape index (κ2) is 6.67. The average molecular weight is 349 g/mol. The Kier molecular flexibility index (Phi) is 4.59. The highest BCUT2D eigenvalue weighted by molar-refractivity contribution is 6.41. The number of carbonyl (C=O) groups is 2. The summed E-state index contributed by atoms with van der Waals surface area (Å²) in [4.78, 5) is 24.0. The molecule has 3 N–H and O–H groups in total. The number of aliphatic hydroxyl groups is 1. The number of amides is 2. The first-order valence-electron chi connectivity index (χ1n) is 7.61. The van der Waals surface area contributed by atoms with Crippen LogP contribution in [0.3, 0.4) is 0 Å². The first-order valence-corrected chi connectivity index (χ1v) is 7.98. The Balaban J connectivity index is 1.62. The normalized spacial score (nSPS) is 16.2. The van der Waals surface area contributed by atoms with Crippen LogP contribution in [-0.2, 0) is 15.2 Å². The highest BCUT2D eigenvalue weighted by atomic mass is 35.5. The number of carbonyl (C=O) groups excluding carboxylic acids is 2. The van der Waals surface area contributed by atoms with E-state index in [0.29, 0.717) is 16.5 Å². The molecule has 0 unspecified atom stereocenters. The van der Waals surface area contributed by atoms with Crippen molar-refractivity contribution < 1.29 is 19.1 Å². The highest BCUT2D eigenvalue weighted by Gasteiger charge is 2.47. The summed E-state index contributed by atoms with van der Waals surface area (Å²) in [6.07, 6.45) is 3.16. The summed E-state index contributed by atoms with van der Waals surface area (Å²) in [5.41, 5.74) is -0.952. The number of halogens is 1. The maximum absolute atomic E-state index is 12.0. The van der Waals surface area contributed by atoms with E-state index in [9.17, 15) is 14.7 Å². The Bertz CT molecular complexity index is 743. The van der Waals surface area contributed by atoms with Gasteiger partial charge in [0.15, 0.2) is 0 Å². The number of nitrogens with one attached hydrogen (secondary N) is 2. The maximum Gasteiger partial charge on any atom is 0.313 e. The molecule has 2 amide bonds. The standard InChI is InChI=1S/C17H17ClN2O4/c18-12-4-1-2-5-13(12)20-16(22)15(21)19-10-17(23,11-7-8-11)14-6-3-9-24-14/h1-6,9,11,23H,7-8,10H2,(H,19,21)(H,20,22)/t17-/m1/s1. The maximum atomic E-state index is 12.0. The minimum atomic E-state index is -1.30. The van der Waals surface area contributed by atoms with Crippen molar-refractivity contribution in [2.75, 3.05) is 11.9 Å². The van der Waals surface area contributed by atoms with Crippen molar-refractivity contribution in [3.8, 4) is 0 Å². The van der Waals surface area contributed by atoms with Gasteiger partial charge in [-0.3, -0.25) is 9.59 Å². The minimum absolute atomic E-state index is 0.00980. The van der Waals surface area contributed by atoms with E-state index in [2.05, 4.69) is 10.6 Å². The van der Waals surface area contributed by atoms with Crippen LogP contribution in [0, 0.1) is 5.92 Å². The smallest absolute Gasteiger partial charge is 0.313 e. The Morgan fingerprint density at radius 2 is 1.96 bits per heavy atom. The Morgan fingerprint density at radius 1 is 1.21 bits per heavy atom. The molecule has 126 valence electrons. The molecule has 0 saturated heterocycles. The number of hydrogen-bond donors (Lipinski definition) is 3. The molecule has 1 fully saturated rings. The van der Waals surface area contributed by atoms with Crippen molar-refractivity contribution in [3.63, 3.8) is 0 Å². The Morgan fingerprint density at radius 3 is 2.58 bits per heavy atom. The zero-order valence-corrected chi connectivity index (χ0v) is 13.5. The van der Waals surface area contributed by atoms with Crippen LogP contribution in [0.4, 0.5) is 5.69 Å². The molecule has 0 bridgehead atoms. The van der Waals surface area contributed by atoms with E-state index in [1.165, 1.54) is 6.26 Å². The largest absolute Gasteiger partial charge is 0.466 e. The number of furan rings is 1. The lowest BCUT2D eigenvalue weighted by atomic mass is 9.94. The van der Waals surface area contributed by atoms with Crippen molar-refractivity contribution in [2.45, 2.75) is 18.4 Å². The van der Waals surface area contributed by atoms with Gasteiger partial charge in [-0.2, -0.15) is 0 Å². The van der Waals surface area contributed by atoms with Gasteiger partial charge in [0.05, 0.1) is 23.5 Å². The third-order valence-electron chi connectivity index (χ3n) is 4.05. The average Bonchev–Trinajstić information content (AvgIpc) is 3.29. The van der Waals surface area contributed by atoms with Gasteiger partial charge in [0.25, 0.3) is 0 Å². The second-order valence-electron chi connectivity index (χ2n) is 5.79. The molecule has 1 aromatic heterocycles. The zero-order valence-electron chi connectivity index (χ0n) is 12.8. The lowest BCUT2D eigenvalue weighted by Crippen LogP contribution is -2.45. The lowest BCUT2D eigenvalue weighted by molar-refractivity contribution is -0.137. The molecule has 24 heavy (non-hydrogen) atoms. The van der Waals surface area contributed by atoms with Crippen LogP contribution in [-0.4, -0.2) is 23.5 Å². The number of para-hydroxylation sites is 1. The summed E-state index contributed by atoms with van der Waals surface area (Å²) in [7, 11) is 0. The summed E-state index contributed by atoms with van der Waals surface area (Å²) >= 11 is 5.94. The molecular formula is C17H17ClN2O4. The van der Waals surface area contributed by atoms with E-state index in [0.717, 1.165) is 12.8 Å². The van der Waals surface area contributed by atoms with E-state index in [1.54, 1.807) is 36.4 Å². The van der Waals surface area contributed by atoms with Crippen molar-refractivity contribution in [1.82, 2.24) is 5.32 Å². The molecule has 7 heteroatoms. The summed E-state index contributed by atoms with van der Waals surface area (Å²) in [5.74, 6) is -1.30. The van der Waals surface area contributed by atoms with Crippen LogP contribution in [0.5, 0.6) is 0 Å². The van der Waals surface area contributed by atoms with Gasteiger partial charge in [-0.25, -0.2) is 0 Å². The first-order chi connectivity index (χ1) is 11.5. The van der Waals surface area contributed by atoms with Gasteiger partial charge in [0.1, 0.15) is 11.4 Å². The van der Waals surface area contributed by atoms with Crippen LogP contribution in [0.15, 0.2) is 47.1 Å². The summed E-state index contributed by atoms with van der Waals surface area (Å²) in [6, 6.07) is 9.96. The number of benzene rings is 1. The number of hydrogen-bond acceptors (Lipinski definition) is 4. The van der Waals surface area contributed by atoms with E-state index in [-0.39, 0.29) is 12.5 Å². The van der Waals surface area contributed by atoms with Gasteiger partial charge >= 0.3 is 11.8 Å². The Labute approximate surface area is 143 Å². The van der Waals surface area contributed by atoms with Crippen LogP contribution in [0.25, 0.3) is 0 Å². The zero-order chi connectivity index (χ0) is 17.2. The van der Waals surface area contributed by atoms with E-state index in [4.69, 9.17) is 16.0 Å². The van der Waals surface area contributed by atoms with Crippen molar-refractivity contribution in [2.24, 2.45) is 5.92 Å². The van der Waals surface area contributed by atoms with Crippen LogP contribution in [0.1, 0.15) is 18.6 Å². The van der Waals surface area contributed by atoms with Gasteiger partial charge in [-0.05, 0) is 43.0 Å². The fourth-order valence-electron chi connectivity index (χ4n) is 2.56. The molecule has 1 heterocycles. The third-order valence-corrected chi connectivity index (χ3v) is 4.38. The second-order valence-corrected chi connectivity index (χ2v) is 6.20. The first kappa shape index (κ1) is 16.5. The molecule has 1 atom stereocenters. The highest BCUT2D eigenvalue weighted by Crippen LogP contribution is 2.45. The van der Waals surface area contributed by atoms with Crippen molar-refractivity contribution in [3.05, 3.63) is 53.4 Å². The molecule has 0 radical (unpaired) electrons.